The zero-order valence-electron chi connectivity index (χ0n) is 9.26. The van der Waals surface area contributed by atoms with Crippen molar-refractivity contribution in [3.05, 3.63) is 35.6 Å². The van der Waals surface area contributed by atoms with E-state index >= 15 is 0 Å². The van der Waals surface area contributed by atoms with E-state index in [0.29, 0.717) is 5.56 Å². The van der Waals surface area contributed by atoms with Crippen LogP contribution in [0, 0.1) is 11.7 Å². The third-order valence-electron chi connectivity index (χ3n) is 2.23. The van der Waals surface area contributed by atoms with Crippen molar-refractivity contribution in [3.63, 3.8) is 0 Å². The molecule has 1 N–H and O–H groups in total. The van der Waals surface area contributed by atoms with Gasteiger partial charge >= 0.3 is 5.97 Å². The SMILES string of the molecule is CC(CS(=O)(=O)Cc1ccc(F)cc1)C(=O)O. The number of carboxylic acids is 1. The van der Waals surface area contributed by atoms with Crippen molar-refractivity contribution >= 4 is 15.8 Å². The number of carboxylic acid groups (broad SMARTS) is 1. The average Bonchev–Trinajstić information content (AvgIpc) is 2.20. The summed E-state index contributed by atoms with van der Waals surface area (Å²) in [5, 5.41) is 8.63. The third kappa shape index (κ3) is 4.52. The fraction of sp³-hybridized carbons (Fsp3) is 0.364. The van der Waals surface area contributed by atoms with Gasteiger partial charge in [0.1, 0.15) is 5.82 Å². The van der Waals surface area contributed by atoms with Gasteiger partial charge in [0.2, 0.25) is 0 Å². The van der Waals surface area contributed by atoms with Crippen LogP contribution in [-0.4, -0.2) is 25.2 Å². The van der Waals surface area contributed by atoms with Crippen molar-refractivity contribution in [2.45, 2.75) is 12.7 Å². The Balaban J connectivity index is 2.73. The third-order valence-corrected chi connectivity index (χ3v) is 4.01. The van der Waals surface area contributed by atoms with Gasteiger partial charge in [-0.3, -0.25) is 4.79 Å². The maximum absolute atomic E-state index is 12.6. The van der Waals surface area contributed by atoms with Crippen LogP contribution in [0.4, 0.5) is 4.39 Å². The fourth-order valence-electron chi connectivity index (χ4n) is 1.35. The van der Waals surface area contributed by atoms with Gasteiger partial charge in [-0.25, -0.2) is 12.8 Å². The van der Waals surface area contributed by atoms with Gasteiger partial charge in [-0.15, -0.1) is 0 Å². The highest BCUT2D eigenvalue weighted by atomic mass is 32.2. The molecular weight excluding hydrogens is 247 g/mol. The quantitative estimate of drug-likeness (QED) is 0.870. The molecule has 6 heteroatoms. The Hall–Kier alpha value is -1.43. The second-order valence-electron chi connectivity index (χ2n) is 3.92. The van der Waals surface area contributed by atoms with E-state index in [9.17, 15) is 17.6 Å². The zero-order valence-corrected chi connectivity index (χ0v) is 10.1. The Morgan fingerprint density at radius 2 is 1.88 bits per heavy atom. The van der Waals surface area contributed by atoms with Gasteiger partial charge in [-0.1, -0.05) is 19.1 Å². The monoisotopic (exact) mass is 260 g/mol. The molecule has 0 spiro atoms. The molecular formula is C11H13FO4S. The Morgan fingerprint density at radius 1 is 1.35 bits per heavy atom. The Labute approximate surface area is 99.0 Å². The van der Waals surface area contributed by atoms with E-state index in [1.165, 1.54) is 31.2 Å². The standard InChI is InChI=1S/C11H13FO4S/c1-8(11(13)14)6-17(15,16)7-9-2-4-10(12)5-3-9/h2-5,8H,6-7H2,1H3,(H,13,14). The Bertz CT molecular complexity index is 493. The van der Waals surface area contributed by atoms with Crippen molar-refractivity contribution in [1.29, 1.82) is 0 Å². The lowest BCUT2D eigenvalue weighted by Gasteiger charge is -2.07. The molecule has 0 fully saturated rings. The number of benzene rings is 1. The van der Waals surface area contributed by atoms with Crippen LogP contribution in [0.3, 0.4) is 0 Å². The lowest BCUT2D eigenvalue weighted by atomic mass is 10.2. The number of sulfone groups is 1. The smallest absolute Gasteiger partial charge is 0.307 e. The van der Waals surface area contributed by atoms with Gasteiger partial charge in [-0.05, 0) is 17.7 Å². The largest absolute Gasteiger partial charge is 0.481 e. The Kier molecular flexibility index (Phi) is 4.22. The van der Waals surface area contributed by atoms with E-state index in [2.05, 4.69) is 0 Å². The molecule has 0 bridgehead atoms. The molecule has 94 valence electrons. The lowest BCUT2D eigenvalue weighted by molar-refractivity contribution is -0.140. The molecule has 0 saturated carbocycles. The van der Waals surface area contributed by atoms with Crippen LogP contribution < -0.4 is 0 Å². The number of carbonyl (C=O) groups is 1. The van der Waals surface area contributed by atoms with Crippen molar-refractivity contribution < 1.29 is 22.7 Å². The molecule has 1 rings (SSSR count). The molecule has 17 heavy (non-hydrogen) atoms. The van der Waals surface area contributed by atoms with E-state index in [4.69, 9.17) is 5.11 Å². The number of hydrogen-bond donors (Lipinski definition) is 1. The minimum Gasteiger partial charge on any atom is -0.481 e. The van der Waals surface area contributed by atoms with E-state index in [1.807, 2.05) is 0 Å². The summed E-state index contributed by atoms with van der Waals surface area (Å²) in [5.41, 5.74) is 0.448. The molecule has 0 aromatic heterocycles. The predicted octanol–water partition coefficient (Wildman–Crippen LogP) is 1.46. The van der Waals surface area contributed by atoms with Gasteiger partial charge in [0.15, 0.2) is 9.84 Å². The van der Waals surface area contributed by atoms with Gasteiger partial charge in [0.05, 0.1) is 17.4 Å². The normalized spacial score (nSPS) is 13.3. The Morgan fingerprint density at radius 3 is 2.35 bits per heavy atom. The van der Waals surface area contributed by atoms with Crippen LogP contribution in [0.15, 0.2) is 24.3 Å². The van der Waals surface area contributed by atoms with E-state index in [-0.39, 0.29) is 5.75 Å². The molecule has 0 saturated heterocycles. The van der Waals surface area contributed by atoms with Crippen molar-refractivity contribution in [1.82, 2.24) is 0 Å². The van der Waals surface area contributed by atoms with Gasteiger partial charge in [0.25, 0.3) is 0 Å². The van der Waals surface area contributed by atoms with Crippen molar-refractivity contribution in [2.75, 3.05) is 5.75 Å². The minimum atomic E-state index is -3.50. The van der Waals surface area contributed by atoms with E-state index in [0.717, 1.165) is 0 Å². The first-order valence-corrected chi connectivity index (χ1v) is 6.80. The van der Waals surface area contributed by atoms with Crippen LogP contribution in [0.5, 0.6) is 0 Å². The van der Waals surface area contributed by atoms with Crippen LogP contribution >= 0.6 is 0 Å². The highest BCUT2D eigenvalue weighted by Gasteiger charge is 2.21. The summed E-state index contributed by atoms with van der Waals surface area (Å²) in [5.74, 6) is -3.22. The van der Waals surface area contributed by atoms with Gasteiger partial charge < -0.3 is 5.11 Å². The highest BCUT2D eigenvalue weighted by molar-refractivity contribution is 7.90. The summed E-state index contributed by atoms with van der Waals surface area (Å²) in [4.78, 5) is 10.6. The summed E-state index contributed by atoms with van der Waals surface area (Å²) in [6.45, 7) is 1.34. The summed E-state index contributed by atoms with van der Waals surface area (Å²) in [6.07, 6.45) is 0. The number of halogens is 1. The van der Waals surface area contributed by atoms with Crippen LogP contribution in [0.1, 0.15) is 12.5 Å². The first-order valence-electron chi connectivity index (χ1n) is 4.98. The second kappa shape index (κ2) is 5.27. The average molecular weight is 260 g/mol. The number of aliphatic carboxylic acids is 1. The van der Waals surface area contributed by atoms with Crippen LogP contribution in [0.2, 0.25) is 0 Å². The topological polar surface area (TPSA) is 71.4 Å². The maximum atomic E-state index is 12.6. The molecule has 1 aromatic rings. The molecule has 4 nitrogen and oxygen atoms in total. The fourth-order valence-corrected chi connectivity index (χ4v) is 3.07. The van der Waals surface area contributed by atoms with Gasteiger partial charge in [-0.2, -0.15) is 0 Å². The summed E-state index contributed by atoms with van der Waals surface area (Å²) in [6, 6.07) is 5.09. The lowest BCUT2D eigenvalue weighted by Crippen LogP contribution is -2.22. The van der Waals surface area contributed by atoms with Crippen molar-refractivity contribution in [2.24, 2.45) is 5.92 Å². The van der Waals surface area contributed by atoms with Crippen LogP contribution in [0.25, 0.3) is 0 Å². The molecule has 1 aromatic carbocycles. The maximum Gasteiger partial charge on any atom is 0.307 e. The van der Waals surface area contributed by atoms with Gasteiger partial charge in [0, 0.05) is 0 Å². The minimum absolute atomic E-state index is 0.273. The molecule has 1 atom stereocenters. The number of hydrogen-bond acceptors (Lipinski definition) is 3. The number of rotatable bonds is 5. The summed E-state index contributed by atoms with van der Waals surface area (Å²) >= 11 is 0. The summed E-state index contributed by atoms with van der Waals surface area (Å²) in [7, 11) is -3.50. The van der Waals surface area contributed by atoms with E-state index in [1.54, 1.807) is 0 Å². The second-order valence-corrected chi connectivity index (χ2v) is 6.03. The molecule has 0 heterocycles. The van der Waals surface area contributed by atoms with E-state index < -0.39 is 33.3 Å². The molecule has 0 aliphatic heterocycles. The molecule has 0 radical (unpaired) electrons. The first-order chi connectivity index (χ1) is 7.80. The molecule has 0 aliphatic rings. The first kappa shape index (κ1) is 13.6. The van der Waals surface area contributed by atoms with Crippen molar-refractivity contribution in [3.8, 4) is 0 Å². The predicted molar refractivity (Wildman–Crippen MR) is 60.7 cm³/mol. The zero-order chi connectivity index (χ0) is 13.1. The van der Waals surface area contributed by atoms with Crippen LogP contribution in [-0.2, 0) is 20.4 Å². The highest BCUT2D eigenvalue weighted by Crippen LogP contribution is 2.11. The molecule has 0 aliphatic carbocycles. The molecule has 1 unspecified atom stereocenters. The molecule has 0 amide bonds. The summed E-state index contributed by atoms with van der Waals surface area (Å²) < 4.78 is 35.9.